The fourth-order valence-electron chi connectivity index (χ4n) is 2.78. The number of imidazole rings is 1. The van der Waals surface area contributed by atoms with E-state index in [-0.39, 0.29) is 17.4 Å². The molecule has 3 N–H and O–H groups in total. The van der Waals surface area contributed by atoms with Gasteiger partial charge >= 0.3 is 0 Å². The standard InChI is InChI=1S/C21H32N4O/c1-16(10-11-21(2,3)4)24-20(26)19(22)12-18-14-25(15-23-18)13-17-8-6-5-7-9-17/h5-9,14-16,19H,10-13,22H2,1-4H3,(H,24,26)/t16?,19-/m0/s1. The highest BCUT2D eigenvalue weighted by Gasteiger charge is 2.19. The van der Waals surface area contributed by atoms with Gasteiger partial charge in [-0.3, -0.25) is 4.79 Å². The normalized spacial score (nSPS) is 14.0. The van der Waals surface area contributed by atoms with Crippen LogP contribution in [0.1, 0.15) is 51.8 Å². The smallest absolute Gasteiger partial charge is 0.237 e. The minimum absolute atomic E-state index is 0.107. The van der Waals surface area contributed by atoms with E-state index in [1.54, 1.807) is 6.33 Å². The molecule has 2 atom stereocenters. The van der Waals surface area contributed by atoms with Crippen LogP contribution >= 0.6 is 0 Å². The van der Waals surface area contributed by atoms with Crippen LogP contribution in [0, 0.1) is 5.41 Å². The molecule has 0 saturated heterocycles. The molecule has 0 fully saturated rings. The lowest BCUT2D eigenvalue weighted by molar-refractivity contribution is -0.123. The van der Waals surface area contributed by atoms with Crippen LogP contribution in [0.15, 0.2) is 42.9 Å². The Hall–Kier alpha value is -2.14. The van der Waals surface area contributed by atoms with Crippen LogP contribution in [0.25, 0.3) is 0 Å². The van der Waals surface area contributed by atoms with Crippen LogP contribution < -0.4 is 11.1 Å². The number of nitrogens with one attached hydrogen (secondary N) is 1. The molecule has 1 aromatic heterocycles. The van der Waals surface area contributed by atoms with Crippen molar-refractivity contribution in [1.29, 1.82) is 0 Å². The van der Waals surface area contributed by atoms with E-state index >= 15 is 0 Å². The van der Waals surface area contributed by atoms with E-state index in [1.165, 1.54) is 5.56 Å². The number of carbonyl (C=O) groups is 1. The summed E-state index contributed by atoms with van der Waals surface area (Å²) in [6.45, 7) is 9.42. The molecule has 1 heterocycles. The number of carbonyl (C=O) groups excluding carboxylic acids is 1. The van der Waals surface area contributed by atoms with Gasteiger partial charge in [0, 0.05) is 25.2 Å². The Morgan fingerprint density at radius 1 is 1.27 bits per heavy atom. The van der Waals surface area contributed by atoms with E-state index in [4.69, 9.17) is 5.73 Å². The van der Waals surface area contributed by atoms with Gasteiger partial charge in [-0.2, -0.15) is 0 Å². The van der Waals surface area contributed by atoms with E-state index < -0.39 is 6.04 Å². The number of aromatic nitrogens is 2. The first-order chi connectivity index (χ1) is 12.2. The quantitative estimate of drug-likeness (QED) is 0.763. The fourth-order valence-corrected chi connectivity index (χ4v) is 2.78. The average Bonchev–Trinajstić information content (AvgIpc) is 3.00. The van der Waals surface area contributed by atoms with E-state index in [1.807, 2.05) is 35.9 Å². The van der Waals surface area contributed by atoms with Crippen LogP contribution in [0.3, 0.4) is 0 Å². The molecule has 0 saturated carbocycles. The van der Waals surface area contributed by atoms with Gasteiger partial charge in [0.1, 0.15) is 0 Å². The molecule has 1 unspecified atom stereocenters. The van der Waals surface area contributed by atoms with Crippen molar-refractivity contribution in [2.24, 2.45) is 11.1 Å². The zero-order chi connectivity index (χ0) is 19.2. The van der Waals surface area contributed by atoms with Crippen molar-refractivity contribution < 1.29 is 4.79 Å². The van der Waals surface area contributed by atoms with E-state index in [0.717, 1.165) is 25.1 Å². The highest BCUT2D eigenvalue weighted by Crippen LogP contribution is 2.21. The van der Waals surface area contributed by atoms with Gasteiger partial charge in [-0.25, -0.2) is 4.98 Å². The number of nitrogens with two attached hydrogens (primary N) is 1. The molecule has 0 aliphatic heterocycles. The monoisotopic (exact) mass is 356 g/mol. The Kier molecular flexibility index (Phi) is 6.98. The summed E-state index contributed by atoms with van der Waals surface area (Å²) in [4.78, 5) is 16.7. The minimum Gasteiger partial charge on any atom is -0.352 e. The third-order valence-corrected chi connectivity index (χ3v) is 4.38. The summed E-state index contributed by atoms with van der Waals surface area (Å²) < 4.78 is 2.02. The van der Waals surface area contributed by atoms with Gasteiger partial charge in [-0.05, 0) is 30.7 Å². The van der Waals surface area contributed by atoms with Crippen LogP contribution in [0.2, 0.25) is 0 Å². The molecule has 26 heavy (non-hydrogen) atoms. The van der Waals surface area contributed by atoms with Gasteiger partial charge in [-0.15, -0.1) is 0 Å². The van der Waals surface area contributed by atoms with Gasteiger partial charge in [0.25, 0.3) is 0 Å². The van der Waals surface area contributed by atoms with Gasteiger partial charge < -0.3 is 15.6 Å². The lowest BCUT2D eigenvalue weighted by Crippen LogP contribution is -2.45. The lowest BCUT2D eigenvalue weighted by atomic mass is 9.89. The van der Waals surface area contributed by atoms with Crippen LogP contribution in [-0.2, 0) is 17.8 Å². The SMILES string of the molecule is CC(CCC(C)(C)C)NC(=O)[C@@H](N)Cc1cn(Cc2ccccc2)cn1. The summed E-state index contributed by atoms with van der Waals surface area (Å²) in [5.41, 5.74) is 8.40. The third kappa shape index (κ3) is 7.00. The zero-order valence-corrected chi connectivity index (χ0v) is 16.4. The molecule has 2 rings (SSSR count). The Balaban J connectivity index is 1.81. The summed E-state index contributed by atoms with van der Waals surface area (Å²) in [5, 5.41) is 3.02. The molecule has 2 aromatic rings. The van der Waals surface area contributed by atoms with Crippen molar-refractivity contribution in [3.63, 3.8) is 0 Å². The molecule has 0 aliphatic carbocycles. The Morgan fingerprint density at radius 3 is 2.62 bits per heavy atom. The van der Waals surface area contributed by atoms with E-state index in [9.17, 15) is 4.79 Å². The third-order valence-electron chi connectivity index (χ3n) is 4.38. The molecule has 0 aliphatic rings. The molecule has 0 spiro atoms. The molecule has 1 amide bonds. The first kappa shape index (κ1) is 20.2. The lowest BCUT2D eigenvalue weighted by Gasteiger charge is -2.22. The topological polar surface area (TPSA) is 72.9 Å². The maximum atomic E-state index is 12.3. The fraction of sp³-hybridized carbons (Fsp3) is 0.524. The first-order valence-electron chi connectivity index (χ1n) is 9.33. The van der Waals surface area contributed by atoms with Gasteiger partial charge in [0.15, 0.2) is 0 Å². The Morgan fingerprint density at radius 2 is 1.96 bits per heavy atom. The number of benzene rings is 1. The van der Waals surface area contributed by atoms with E-state index in [2.05, 4.69) is 43.2 Å². The summed E-state index contributed by atoms with van der Waals surface area (Å²) in [5.74, 6) is -0.107. The van der Waals surface area contributed by atoms with Crippen LogP contribution in [-0.4, -0.2) is 27.5 Å². The Bertz CT molecular complexity index is 688. The summed E-state index contributed by atoms with van der Waals surface area (Å²) >= 11 is 0. The first-order valence-corrected chi connectivity index (χ1v) is 9.33. The van der Waals surface area contributed by atoms with Gasteiger partial charge in [-0.1, -0.05) is 51.1 Å². The van der Waals surface area contributed by atoms with E-state index in [0.29, 0.717) is 6.42 Å². The van der Waals surface area contributed by atoms with Crippen molar-refractivity contribution in [3.05, 3.63) is 54.1 Å². The van der Waals surface area contributed by atoms with Crippen LogP contribution in [0.4, 0.5) is 0 Å². The maximum Gasteiger partial charge on any atom is 0.237 e. The predicted octanol–water partition coefficient (Wildman–Crippen LogP) is 3.13. The summed E-state index contributed by atoms with van der Waals surface area (Å²) in [6.07, 6.45) is 6.21. The molecule has 5 heteroatoms. The van der Waals surface area contributed by atoms with Crippen molar-refractivity contribution >= 4 is 5.91 Å². The summed E-state index contributed by atoms with van der Waals surface area (Å²) in [7, 11) is 0. The average molecular weight is 357 g/mol. The van der Waals surface area contributed by atoms with Crippen molar-refractivity contribution in [2.45, 2.75) is 65.6 Å². The highest BCUT2D eigenvalue weighted by molar-refractivity contribution is 5.81. The van der Waals surface area contributed by atoms with Crippen LogP contribution in [0.5, 0.6) is 0 Å². The minimum atomic E-state index is -0.577. The molecule has 142 valence electrons. The van der Waals surface area contributed by atoms with Gasteiger partial charge in [0.05, 0.1) is 18.1 Å². The number of nitrogens with zero attached hydrogens (tertiary/aromatic N) is 2. The van der Waals surface area contributed by atoms with Gasteiger partial charge in [0.2, 0.25) is 5.91 Å². The molecular weight excluding hydrogens is 324 g/mol. The number of hydrogen-bond acceptors (Lipinski definition) is 3. The summed E-state index contributed by atoms with van der Waals surface area (Å²) in [6, 6.07) is 9.76. The second-order valence-electron chi connectivity index (χ2n) is 8.34. The molecular formula is C21H32N4O. The predicted molar refractivity (Wildman–Crippen MR) is 106 cm³/mol. The number of hydrogen-bond donors (Lipinski definition) is 2. The Labute approximate surface area is 157 Å². The second-order valence-corrected chi connectivity index (χ2v) is 8.34. The maximum absolute atomic E-state index is 12.3. The van der Waals surface area contributed by atoms with Crippen molar-refractivity contribution in [2.75, 3.05) is 0 Å². The number of amides is 1. The van der Waals surface area contributed by atoms with Crippen molar-refractivity contribution in [3.8, 4) is 0 Å². The molecule has 0 bridgehead atoms. The largest absolute Gasteiger partial charge is 0.352 e. The molecule has 5 nitrogen and oxygen atoms in total. The molecule has 0 radical (unpaired) electrons. The molecule has 1 aromatic carbocycles. The second kappa shape index (κ2) is 8.99. The van der Waals surface area contributed by atoms with Crippen molar-refractivity contribution in [1.82, 2.24) is 14.9 Å². The number of rotatable bonds is 8. The highest BCUT2D eigenvalue weighted by atomic mass is 16.2. The zero-order valence-electron chi connectivity index (χ0n) is 16.4.